The van der Waals surface area contributed by atoms with Crippen LogP contribution in [0.5, 0.6) is 0 Å². The van der Waals surface area contributed by atoms with Crippen molar-refractivity contribution in [3.05, 3.63) is 65.2 Å². The van der Waals surface area contributed by atoms with Gasteiger partial charge in [-0.1, -0.05) is 42.5 Å². The zero-order valence-electron chi connectivity index (χ0n) is 17.0. The normalized spacial score (nSPS) is 17.1. The molecule has 3 rings (SSSR count). The molecule has 6 heteroatoms. The maximum atomic E-state index is 12.4. The lowest BCUT2D eigenvalue weighted by Gasteiger charge is -2.20. The molecule has 1 fully saturated rings. The first-order chi connectivity index (χ1) is 13.9. The lowest BCUT2D eigenvalue weighted by Crippen LogP contribution is -2.33. The lowest BCUT2D eigenvalue weighted by molar-refractivity contribution is -0.152. The summed E-state index contributed by atoms with van der Waals surface area (Å²) in [6.07, 6.45) is 0.0915. The highest BCUT2D eigenvalue weighted by Crippen LogP contribution is 2.29. The van der Waals surface area contributed by atoms with E-state index in [1.165, 1.54) is 0 Å². The van der Waals surface area contributed by atoms with E-state index in [2.05, 4.69) is 5.32 Å². The summed E-state index contributed by atoms with van der Waals surface area (Å²) in [6.45, 7) is 5.73. The van der Waals surface area contributed by atoms with Crippen LogP contribution in [0.15, 0.2) is 48.5 Å². The number of hydrogen-bond acceptors (Lipinski definition) is 4. The van der Waals surface area contributed by atoms with E-state index >= 15 is 0 Å². The first kappa shape index (κ1) is 20.6. The zero-order chi connectivity index (χ0) is 21.0. The van der Waals surface area contributed by atoms with Crippen molar-refractivity contribution < 1.29 is 19.1 Å². The Morgan fingerprint density at radius 1 is 1.14 bits per heavy atom. The van der Waals surface area contributed by atoms with Gasteiger partial charge in [0.05, 0.1) is 12.0 Å². The minimum Gasteiger partial charge on any atom is -0.455 e. The van der Waals surface area contributed by atoms with Crippen LogP contribution in [0.3, 0.4) is 0 Å². The molecule has 2 aromatic carbocycles. The topological polar surface area (TPSA) is 75.7 Å². The molecule has 2 aromatic rings. The van der Waals surface area contributed by atoms with Crippen molar-refractivity contribution in [2.45, 2.75) is 33.2 Å². The van der Waals surface area contributed by atoms with E-state index in [1.54, 1.807) is 4.90 Å². The SMILES string of the molecule is Cc1cccc(N2C[C@H](C(=O)OCC(=O)N[C@H](C)c3ccccc3)CC2=O)c1C. The number of carbonyl (C=O) groups excluding carboxylic acids is 3. The molecule has 1 aliphatic heterocycles. The van der Waals surface area contributed by atoms with Gasteiger partial charge in [-0.25, -0.2) is 0 Å². The quantitative estimate of drug-likeness (QED) is 0.764. The number of nitrogens with zero attached hydrogens (tertiary/aromatic N) is 1. The van der Waals surface area contributed by atoms with Crippen molar-refractivity contribution in [2.24, 2.45) is 5.92 Å². The van der Waals surface area contributed by atoms with Crippen molar-refractivity contribution in [3.63, 3.8) is 0 Å². The average Bonchev–Trinajstić information content (AvgIpc) is 3.10. The molecule has 0 saturated carbocycles. The van der Waals surface area contributed by atoms with Gasteiger partial charge in [0, 0.05) is 18.7 Å². The van der Waals surface area contributed by atoms with E-state index in [4.69, 9.17) is 4.74 Å². The third kappa shape index (κ3) is 4.83. The highest BCUT2D eigenvalue weighted by atomic mass is 16.5. The molecule has 0 bridgehead atoms. The molecule has 29 heavy (non-hydrogen) atoms. The minimum atomic E-state index is -0.568. The van der Waals surface area contributed by atoms with Gasteiger partial charge in [-0.3, -0.25) is 14.4 Å². The number of anilines is 1. The number of esters is 1. The van der Waals surface area contributed by atoms with Crippen LogP contribution in [-0.2, 0) is 19.1 Å². The van der Waals surface area contributed by atoms with E-state index < -0.39 is 11.9 Å². The predicted molar refractivity (Wildman–Crippen MR) is 110 cm³/mol. The molecule has 1 heterocycles. The van der Waals surface area contributed by atoms with Gasteiger partial charge in [-0.15, -0.1) is 0 Å². The molecule has 2 amide bonds. The van der Waals surface area contributed by atoms with Gasteiger partial charge >= 0.3 is 5.97 Å². The Hall–Kier alpha value is -3.15. The Kier molecular flexibility index (Phi) is 6.32. The Labute approximate surface area is 170 Å². The molecule has 0 spiro atoms. The smallest absolute Gasteiger partial charge is 0.311 e. The molecule has 6 nitrogen and oxygen atoms in total. The van der Waals surface area contributed by atoms with Crippen LogP contribution in [0, 0.1) is 19.8 Å². The number of rotatable bonds is 6. The van der Waals surface area contributed by atoms with E-state index in [-0.39, 0.29) is 37.4 Å². The summed E-state index contributed by atoms with van der Waals surface area (Å²) >= 11 is 0. The third-order valence-electron chi connectivity index (χ3n) is 5.35. The third-order valence-corrected chi connectivity index (χ3v) is 5.35. The predicted octanol–water partition coefficient (Wildman–Crippen LogP) is 3.08. The lowest BCUT2D eigenvalue weighted by atomic mass is 10.1. The van der Waals surface area contributed by atoms with Crippen molar-refractivity contribution in [2.75, 3.05) is 18.1 Å². The molecule has 2 atom stereocenters. The second kappa shape index (κ2) is 8.90. The molecule has 0 unspecified atom stereocenters. The van der Waals surface area contributed by atoms with E-state index in [0.29, 0.717) is 0 Å². The molecule has 1 saturated heterocycles. The first-order valence-electron chi connectivity index (χ1n) is 9.74. The zero-order valence-corrected chi connectivity index (χ0v) is 17.0. The van der Waals surface area contributed by atoms with Crippen LogP contribution in [0.1, 0.15) is 36.1 Å². The molecular weight excluding hydrogens is 368 g/mol. The second-order valence-electron chi connectivity index (χ2n) is 7.43. The minimum absolute atomic E-state index is 0.0915. The van der Waals surface area contributed by atoms with Crippen LogP contribution >= 0.6 is 0 Å². The molecule has 152 valence electrons. The van der Waals surface area contributed by atoms with Gasteiger partial charge < -0.3 is 15.0 Å². The fraction of sp³-hybridized carbons (Fsp3) is 0.348. The maximum absolute atomic E-state index is 12.4. The van der Waals surface area contributed by atoms with Crippen LogP contribution in [-0.4, -0.2) is 30.9 Å². The van der Waals surface area contributed by atoms with Gasteiger partial charge in [0.15, 0.2) is 6.61 Å². The van der Waals surface area contributed by atoms with Gasteiger partial charge in [0.1, 0.15) is 0 Å². The summed E-state index contributed by atoms with van der Waals surface area (Å²) < 4.78 is 5.18. The van der Waals surface area contributed by atoms with Gasteiger partial charge in [0.2, 0.25) is 5.91 Å². The van der Waals surface area contributed by atoms with Gasteiger partial charge in [0.25, 0.3) is 5.91 Å². The fourth-order valence-electron chi connectivity index (χ4n) is 3.49. The monoisotopic (exact) mass is 394 g/mol. The molecule has 0 aromatic heterocycles. The highest BCUT2D eigenvalue weighted by Gasteiger charge is 2.37. The van der Waals surface area contributed by atoms with Crippen molar-refractivity contribution in [1.82, 2.24) is 5.32 Å². The largest absolute Gasteiger partial charge is 0.455 e. The molecule has 0 radical (unpaired) electrons. The first-order valence-corrected chi connectivity index (χ1v) is 9.74. The number of ether oxygens (including phenoxy) is 1. The van der Waals surface area contributed by atoms with Crippen molar-refractivity contribution in [1.29, 1.82) is 0 Å². The molecule has 1 N–H and O–H groups in total. The molecular formula is C23H26N2O4. The summed E-state index contributed by atoms with van der Waals surface area (Å²) in [6, 6.07) is 15.1. The summed E-state index contributed by atoms with van der Waals surface area (Å²) in [7, 11) is 0. The van der Waals surface area contributed by atoms with Crippen LogP contribution in [0.4, 0.5) is 5.69 Å². The number of benzene rings is 2. The standard InChI is InChI=1S/C23H26N2O4/c1-15-8-7-11-20(16(15)2)25-13-19(12-22(25)27)23(28)29-14-21(26)24-17(3)18-9-5-4-6-10-18/h4-11,17,19H,12-14H2,1-3H3,(H,24,26)/t17-,19-/m1/s1. The Morgan fingerprint density at radius 2 is 1.86 bits per heavy atom. The Balaban J connectivity index is 1.53. The fourth-order valence-corrected chi connectivity index (χ4v) is 3.49. The van der Waals surface area contributed by atoms with Gasteiger partial charge in [-0.05, 0) is 43.5 Å². The Morgan fingerprint density at radius 3 is 2.59 bits per heavy atom. The van der Waals surface area contributed by atoms with E-state index in [0.717, 1.165) is 22.4 Å². The van der Waals surface area contributed by atoms with Gasteiger partial charge in [-0.2, -0.15) is 0 Å². The maximum Gasteiger partial charge on any atom is 0.311 e. The average molecular weight is 394 g/mol. The van der Waals surface area contributed by atoms with Crippen LogP contribution in [0.25, 0.3) is 0 Å². The number of aryl methyl sites for hydroxylation is 1. The van der Waals surface area contributed by atoms with Crippen molar-refractivity contribution in [3.8, 4) is 0 Å². The highest BCUT2D eigenvalue weighted by molar-refractivity contribution is 6.00. The number of nitrogens with one attached hydrogen (secondary N) is 1. The molecule has 0 aliphatic carbocycles. The van der Waals surface area contributed by atoms with Crippen LogP contribution < -0.4 is 10.2 Å². The Bertz CT molecular complexity index is 910. The molecule has 1 aliphatic rings. The summed E-state index contributed by atoms with van der Waals surface area (Å²) in [4.78, 5) is 38.6. The summed E-state index contributed by atoms with van der Waals surface area (Å²) in [5.41, 5.74) is 3.90. The van der Waals surface area contributed by atoms with Crippen LogP contribution in [0.2, 0.25) is 0 Å². The van der Waals surface area contributed by atoms with E-state index in [9.17, 15) is 14.4 Å². The number of amides is 2. The summed E-state index contributed by atoms with van der Waals surface area (Å²) in [5.74, 6) is -1.57. The number of hydrogen-bond donors (Lipinski definition) is 1. The summed E-state index contributed by atoms with van der Waals surface area (Å²) in [5, 5.41) is 2.81. The van der Waals surface area contributed by atoms with Crippen molar-refractivity contribution >= 4 is 23.5 Å². The number of carbonyl (C=O) groups is 3. The second-order valence-corrected chi connectivity index (χ2v) is 7.43. The van der Waals surface area contributed by atoms with E-state index in [1.807, 2.05) is 69.3 Å².